The molecule has 23 heavy (non-hydrogen) atoms. The summed E-state index contributed by atoms with van der Waals surface area (Å²) in [7, 11) is 0. The first-order valence-corrected chi connectivity index (χ1v) is 8.83. The Balaban J connectivity index is 1.66. The molecule has 1 heterocycles. The Hall–Kier alpha value is -1.19. The number of hydrogen-bond donors (Lipinski definition) is 0. The maximum atomic E-state index is 12.8. The Labute approximate surface area is 136 Å². The lowest BCUT2D eigenvalue weighted by atomic mass is 9.77. The molecule has 0 spiro atoms. The molecule has 1 unspecified atom stereocenters. The molecule has 0 bridgehead atoms. The topological polar surface area (TPSA) is 9.23 Å². The van der Waals surface area contributed by atoms with Crippen LogP contribution in [0.1, 0.15) is 68.9 Å². The molecule has 1 aliphatic heterocycles. The summed E-state index contributed by atoms with van der Waals surface area (Å²) >= 11 is 0. The molecule has 4 heteroatoms. The van der Waals surface area contributed by atoms with Crippen molar-refractivity contribution in [2.45, 2.75) is 76.5 Å². The summed E-state index contributed by atoms with van der Waals surface area (Å²) in [6, 6.07) is 5.82. The Bertz CT molecular complexity index is 530. The van der Waals surface area contributed by atoms with Gasteiger partial charge in [0, 0.05) is 0 Å². The van der Waals surface area contributed by atoms with Gasteiger partial charge in [0.25, 0.3) is 0 Å². The fourth-order valence-electron chi connectivity index (χ4n) is 4.09. The fraction of sp³-hybridized carbons (Fsp3) is 0.684. The fourth-order valence-corrected chi connectivity index (χ4v) is 4.09. The Morgan fingerprint density at radius 3 is 2.48 bits per heavy atom. The number of benzene rings is 1. The van der Waals surface area contributed by atoms with Gasteiger partial charge in [-0.3, -0.25) is 0 Å². The number of aryl methyl sites for hydroxylation is 1. The van der Waals surface area contributed by atoms with Gasteiger partial charge in [0.2, 0.25) is 0 Å². The molecule has 1 atom stereocenters. The lowest BCUT2D eigenvalue weighted by molar-refractivity contribution is -0.199. The van der Waals surface area contributed by atoms with Crippen LogP contribution in [0.3, 0.4) is 0 Å². The van der Waals surface area contributed by atoms with E-state index < -0.39 is 12.3 Å². The zero-order valence-electron chi connectivity index (χ0n) is 13.7. The molecule has 0 N–H and O–H groups in total. The van der Waals surface area contributed by atoms with Crippen molar-refractivity contribution < 1.29 is 17.9 Å². The van der Waals surface area contributed by atoms with E-state index in [-0.39, 0.29) is 6.42 Å². The average molecular weight is 326 g/mol. The van der Waals surface area contributed by atoms with Gasteiger partial charge in [-0.05, 0) is 67.6 Å². The zero-order valence-corrected chi connectivity index (χ0v) is 13.7. The van der Waals surface area contributed by atoms with E-state index in [4.69, 9.17) is 4.74 Å². The summed E-state index contributed by atoms with van der Waals surface area (Å²) in [6.07, 6.45) is 2.12. The summed E-state index contributed by atoms with van der Waals surface area (Å²) in [5.74, 6) is 1.85. The van der Waals surface area contributed by atoms with E-state index in [1.165, 1.54) is 44.1 Å². The van der Waals surface area contributed by atoms with Gasteiger partial charge in [-0.15, -0.1) is 0 Å². The van der Waals surface area contributed by atoms with E-state index in [0.29, 0.717) is 18.1 Å². The molecule has 1 aromatic carbocycles. The maximum Gasteiger partial charge on any atom is 0.425 e. The van der Waals surface area contributed by atoms with Crippen molar-refractivity contribution in [1.82, 2.24) is 0 Å². The van der Waals surface area contributed by atoms with Crippen LogP contribution in [0.4, 0.5) is 13.2 Å². The minimum Gasteiger partial charge on any atom is -0.481 e. The molecule has 1 fully saturated rings. The maximum absolute atomic E-state index is 12.8. The van der Waals surface area contributed by atoms with Gasteiger partial charge >= 0.3 is 6.18 Å². The molecule has 2 aliphatic rings. The molecule has 0 aromatic heterocycles. The van der Waals surface area contributed by atoms with Crippen molar-refractivity contribution in [2.75, 3.05) is 0 Å². The van der Waals surface area contributed by atoms with E-state index in [1.807, 2.05) is 6.07 Å². The monoisotopic (exact) mass is 326 g/mol. The molecular formula is C19H25F3O. The highest BCUT2D eigenvalue weighted by Crippen LogP contribution is 2.40. The molecule has 1 saturated carbocycles. The SMILES string of the molecule is CCCC1CCC(c2ccc3c(c2)CCC(C(F)(F)F)O3)CC1. The molecule has 1 aliphatic carbocycles. The second kappa shape index (κ2) is 6.74. The Kier molecular flexibility index (Phi) is 4.88. The van der Waals surface area contributed by atoms with Crippen LogP contribution in [0.2, 0.25) is 0 Å². The molecule has 128 valence electrons. The molecule has 3 rings (SSSR count). The smallest absolute Gasteiger partial charge is 0.425 e. The van der Waals surface area contributed by atoms with Gasteiger partial charge in [-0.1, -0.05) is 31.9 Å². The molecule has 0 amide bonds. The average Bonchev–Trinajstić information content (AvgIpc) is 2.54. The van der Waals surface area contributed by atoms with Crippen molar-refractivity contribution in [3.8, 4) is 5.75 Å². The first kappa shape index (κ1) is 16.7. The second-order valence-electron chi connectivity index (χ2n) is 7.06. The first-order valence-electron chi connectivity index (χ1n) is 8.83. The highest BCUT2D eigenvalue weighted by atomic mass is 19.4. The van der Waals surface area contributed by atoms with Gasteiger partial charge in [-0.2, -0.15) is 13.2 Å². The van der Waals surface area contributed by atoms with Crippen LogP contribution < -0.4 is 4.74 Å². The van der Waals surface area contributed by atoms with Crippen molar-refractivity contribution in [1.29, 1.82) is 0 Å². The highest BCUT2D eigenvalue weighted by Gasteiger charge is 2.43. The summed E-state index contributed by atoms with van der Waals surface area (Å²) in [4.78, 5) is 0. The molecule has 0 radical (unpaired) electrons. The lowest BCUT2D eigenvalue weighted by Gasteiger charge is -2.31. The van der Waals surface area contributed by atoms with Crippen molar-refractivity contribution in [3.63, 3.8) is 0 Å². The number of ether oxygens (including phenoxy) is 1. The lowest BCUT2D eigenvalue weighted by Crippen LogP contribution is -2.37. The van der Waals surface area contributed by atoms with Gasteiger partial charge in [0.15, 0.2) is 6.10 Å². The third kappa shape index (κ3) is 3.84. The van der Waals surface area contributed by atoms with Gasteiger partial charge in [0.05, 0.1) is 0 Å². The number of hydrogen-bond acceptors (Lipinski definition) is 1. The molecule has 1 nitrogen and oxygen atoms in total. The van der Waals surface area contributed by atoms with Gasteiger partial charge < -0.3 is 4.74 Å². The van der Waals surface area contributed by atoms with E-state index in [1.54, 1.807) is 6.07 Å². The highest BCUT2D eigenvalue weighted by molar-refractivity contribution is 5.40. The number of halogens is 3. The Morgan fingerprint density at radius 1 is 1.09 bits per heavy atom. The van der Waals surface area contributed by atoms with Crippen LogP contribution in [0.5, 0.6) is 5.75 Å². The second-order valence-corrected chi connectivity index (χ2v) is 7.06. The van der Waals surface area contributed by atoms with Crippen LogP contribution in [0.25, 0.3) is 0 Å². The first-order chi connectivity index (χ1) is 11.0. The summed E-state index contributed by atoms with van der Waals surface area (Å²) in [6.45, 7) is 2.24. The molecule has 0 saturated heterocycles. The Morgan fingerprint density at radius 2 is 1.83 bits per heavy atom. The van der Waals surface area contributed by atoms with Gasteiger partial charge in [-0.25, -0.2) is 0 Å². The van der Waals surface area contributed by atoms with E-state index in [2.05, 4.69) is 13.0 Å². The predicted octanol–water partition coefficient (Wildman–Crippen LogP) is 6.02. The quantitative estimate of drug-likeness (QED) is 0.660. The standard InChI is InChI=1S/C19H25F3O/c1-2-3-13-4-6-14(7-5-13)15-8-10-17-16(12-15)9-11-18(23-17)19(20,21)22/h8,10,12-14,18H,2-7,9,11H2,1H3. The van der Waals surface area contributed by atoms with Crippen molar-refractivity contribution in [3.05, 3.63) is 29.3 Å². The molecule has 1 aromatic rings. The van der Waals surface area contributed by atoms with E-state index >= 15 is 0 Å². The predicted molar refractivity (Wildman–Crippen MR) is 84.8 cm³/mol. The van der Waals surface area contributed by atoms with Crippen molar-refractivity contribution in [2.24, 2.45) is 5.92 Å². The van der Waals surface area contributed by atoms with Crippen LogP contribution >= 0.6 is 0 Å². The summed E-state index contributed by atoms with van der Waals surface area (Å²) in [5.41, 5.74) is 2.23. The number of fused-ring (bicyclic) bond motifs is 1. The number of rotatable bonds is 3. The molecular weight excluding hydrogens is 301 g/mol. The number of alkyl halides is 3. The third-order valence-electron chi connectivity index (χ3n) is 5.41. The van der Waals surface area contributed by atoms with Crippen LogP contribution in [-0.4, -0.2) is 12.3 Å². The summed E-state index contributed by atoms with van der Waals surface area (Å²) < 4.78 is 43.5. The summed E-state index contributed by atoms with van der Waals surface area (Å²) in [5, 5.41) is 0. The minimum atomic E-state index is -4.27. The largest absolute Gasteiger partial charge is 0.481 e. The zero-order chi connectivity index (χ0) is 16.4. The van der Waals surface area contributed by atoms with E-state index in [9.17, 15) is 13.2 Å². The van der Waals surface area contributed by atoms with Crippen LogP contribution in [0.15, 0.2) is 18.2 Å². The van der Waals surface area contributed by atoms with Crippen LogP contribution in [0, 0.1) is 5.92 Å². The van der Waals surface area contributed by atoms with Crippen LogP contribution in [-0.2, 0) is 6.42 Å². The minimum absolute atomic E-state index is 0.0309. The normalized spacial score (nSPS) is 28.1. The van der Waals surface area contributed by atoms with Crippen molar-refractivity contribution >= 4 is 0 Å². The van der Waals surface area contributed by atoms with Gasteiger partial charge in [0.1, 0.15) is 5.75 Å². The third-order valence-corrected chi connectivity index (χ3v) is 5.41. The van der Waals surface area contributed by atoms with E-state index in [0.717, 1.165) is 11.5 Å².